The zero-order valence-corrected chi connectivity index (χ0v) is 20.2. The number of hydrogen-bond acceptors (Lipinski definition) is 5. The molecule has 0 radical (unpaired) electrons. The Balaban J connectivity index is 0.000000203. The average molecular weight is 455 g/mol. The van der Waals surface area contributed by atoms with E-state index in [2.05, 4.69) is 41.7 Å². The number of carbonyl (C=O) groups is 1. The molecular weight excluding hydrogens is 416 g/mol. The standard InChI is InChI=1S/C16H23NO3.C11H15NO/c1-16(2,3)20-15(18)17-9-10-19-14(12-17)11-13-7-5-4-6-8-13;1-2-4-10(5-3-1)8-11-9-12-6-7-13-11/h4-8,14H,9-12H2,1-3H3;1-5,11-12H,6-9H2. The van der Waals surface area contributed by atoms with E-state index in [-0.39, 0.29) is 12.2 Å². The normalized spacial score (nSPS) is 21.0. The Labute approximate surface area is 198 Å². The van der Waals surface area contributed by atoms with E-state index in [1.165, 1.54) is 11.1 Å². The molecule has 0 aromatic heterocycles. The molecule has 2 atom stereocenters. The number of ether oxygens (including phenoxy) is 3. The van der Waals surface area contributed by atoms with E-state index in [0.29, 0.717) is 25.8 Å². The number of benzene rings is 2. The molecule has 2 aromatic rings. The summed E-state index contributed by atoms with van der Waals surface area (Å²) in [6.07, 6.45) is 1.99. The van der Waals surface area contributed by atoms with Crippen molar-refractivity contribution in [2.24, 2.45) is 0 Å². The largest absolute Gasteiger partial charge is 0.444 e. The van der Waals surface area contributed by atoms with Gasteiger partial charge in [0.2, 0.25) is 0 Å². The van der Waals surface area contributed by atoms with Crippen molar-refractivity contribution in [3.63, 3.8) is 0 Å². The first-order chi connectivity index (χ1) is 15.9. The van der Waals surface area contributed by atoms with Crippen molar-refractivity contribution >= 4 is 6.09 Å². The van der Waals surface area contributed by atoms with Gasteiger partial charge >= 0.3 is 6.09 Å². The van der Waals surface area contributed by atoms with E-state index in [1.807, 2.05) is 45.0 Å². The van der Waals surface area contributed by atoms with Crippen LogP contribution in [0.1, 0.15) is 31.9 Å². The van der Waals surface area contributed by atoms with Crippen LogP contribution in [-0.4, -0.2) is 68.2 Å². The van der Waals surface area contributed by atoms with E-state index in [1.54, 1.807) is 4.90 Å². The molecule has 4 rings (SSSR count). The lowest BCUT2D eigenvalue weighted by Crippen LogP contribution is -2.48. The zero-order chi connectivity index (χ0) is 23.5. The summed E-state index contributed by atoms with van der Waals surface area (Å²) in [6.45, 7) is 10.2. The third-order valence-electron chi connectivity index (χ3n) is 5.41. The fourth-order valence-corrected chi connectivity index (χ4v) is 3.84. The maximum Gasteiger partial charge on any atom is 0.410 e. The molecular formula is C27H38N2O4. The second kappa shape index (κ2) is 12.7. The van der Waals surface area contributed by atoms with Gasteiger partial charge in [-0.2, -0.15) is 0 Å². The number of nitrogens with zero attached hydrogens (tertiary/aromatic N) is 1. The maximum atomic E-state index is 12.1. The predicted molar refractivity (Wildman–Crippen MR) is 130 cm³/mol. The minimum atomic E-state index is -0.454. The van der Waals surface area contributed by atoms with Crippen LogP contribution in [0.25, 0.3) is 0 Å². The molecule has 2 unspecified atom stereocenters. The van der Waals surface area contributed by atoms with Crippen LogP contribution >= 0.6 is 0 Å². The van der Waals surface area contributed by atoms with Crippen molar-refractivity contribution in [2.75, 3.05) is 39.4 Å². The third kappa shape index (κ3) is 9.54. The van der Waals surface area contributed by atoms with Crippen molar-refractivity contribution in [1.29, 1.82) is 0 Å². The number of amides is 1. The van der Waals surface area contributed by atoms with Gasteiger partial charge in [-0.05, 0) is 38.3 Å². The van der Waals surface area contributed by atoms with Crippen molar-refractivity contribution in [3.8, 4) is 0 Å². The SMILES string of the molecule is CC(C)(C)OC(=O)N1CCOC(Cc2ccccc2)C1.c1ccc(CC2CNCCO2)cc1. The van der Waals surface area contributed by atoms with Crippen molar-refractivity contribution in [2.45, 2.75) is 51.4 Å². The minimum absolute atomic E-state index is 0.0404. The molecule has 2 heterocycles. The number of morpholine rings is 2. The Morgan fingerprint density at radius 2 is 1.52 bits per heavy atom. The van der Waals surface area contributed by atoms with Gasteiger partial charge in [-0.3, -0.25) is 0 Å². The monoisotopic (exact) mass is 454 g/mol. The summed E-state index contributed by atoms with van der Waals surface area (Å²) < 4.78 is 16.8. The van der Waals surface area contributed by atoms with Gasteiger partial charge in [-0.15, -0.1) is 0 Å². The summed E-state index contributed by atoms with van der Waals surface area (Å²) >= 11 is 0. The molecule has 0 bridgehead atoms. The first-order valence-electron chi connectivity index (χ1n) is 11.9. The quantitative estimate of drug-likeness (QED) is 0.754. The summed E-state index contributed by atoms with van der Waals surface area (Å²) in [6, 6.07) is 20.7. The zero-order valence-electron chi connectivity index (χ0n) is 20.2. The summed E-state index contributed by atoms with van der Waals surface area (Å²) in [5, 5.41) is 3.33. The predicted octanol–water partition coefficient (Wildman–Crippen LogP) is 4.08. The number of rotatable bonds is 4. The van der Waals surface area contributed by atoms with Gasteiger partial charge in [0.15, 0.2) is 0 Å². The molecule has 2 aromatic carbocycles. The van der Waals surface area contributed by atoms with Crippen LogP contribution in [-0.2, 0) is 27.1 Å². The Kier molecular flexibility index (Phi) is 9.73. The van der Waals surface area contributed by atoms with Crippen LogP contribution in [0.4, 0.5) is 4.79 Å². The van der Waals surface area contributed by atoms with Gasteiger partial charge in [0.1, 0.15) is 5.60 Å². The molecule has 0 saturated carbocycles. The van der Waals surface area contributed by atoms with Gasteiger partial charge in [0.05, 0.1) is 32.0 Å². The van der Waals surface area contributed by atoms with Crippen molar-refractivity contribution < 1.29 is 19.0 Å². The summed E-state index contributed by atoms with van der Waals surface area (Å²) in [7, 11) is 0. The minimum Gasteiger partial charge on any atom is -0.444 e. The molecule has 6 heteroatoms. The van der Waals surface area contributed by atoms with Crippen LogP contribution in [0.2, 0.25) is 0 Å². The topological polar surface area (TPSA) is 60.0 Å². The molecule has 2 aliphatic heterocycles. The Bertz CT molecular complexity index is 817. The van der Waals surface area contributed by atoms with Gasteiger partial charge < -0.3 is 24.4 Å². The molecule has 2 fully saturated rings. The summed E-state index contributed by atoms with van der Waals surface area (Å²) in [5.74, 6) is 0. The van der Waals surface area contributed by atoms with Gasteiger partial charge in [-0.25, -0.2) is 4.79 Å². The molecule has 33 heavy (non-hydrogen) atoms. The number of nitrogens with one attached hydrogen (secondary N) is 1. The Morgan fingerprint density at radius 1 is 0.939 bits per heavy atom. The van der Waals surface area contributed by atoms with Crippen molar-refractivity contribution in [1.82, 2.24) is 10.2 Å². The van der Waals surface area contributed by atoms with E-state index in [0.717, 1.165) is 32.5 Å². The molecule has 6 nitrogen and oxygen atoms in total. The second-order valence-corrected chi connectivity index (χ2v) is 9.50. The molecule has 2 aliphatic rings. The highest BCUT2D eigenvalue weighted by Crippen LogP contribution is 2.15. The molecule has 1 amide bonds. The molecule has 0 spiro atoms. The molecule has 1 N–H and O–H groups in total. The highest BCUT2D eigenvalue weighted by molar-refractivity contribution is 5.68. The fraction of sp³-hybridized carbons (Fsp3) is 0.519. The van der Waals surface area contributed by atoms with E-state index >= 15 is 0 Å². The van der Waals surface area contributed by atoms with Crippen LogP contribution in [0.15, 0.2) is 60.7 Å². The van der Waals surface area contributed by atoms with E-state index in [9.17, 15) is 4.79 Å². The van der Waals surface area contributed by atoms with Crippen LogP contribution in [0, 0.1) is 0 Å². The molecule has 180 valence electrons. The third-order valence-corrected chi connectivity index (χ3v) is 5.41. The van der Waals surface area contributed by atoms with Gasteiger partial charge in [-0.1, -0.05) is 60.7 Å². The van der Waals surface area contributed by atoms with E-state index in [4.69, 9.17) is 14.2 Å². The van der Waals surface area contributed by atoms with Crippen molar-refractivity contribution in [3.05, 3.63) is 71.8 Å². The lowest BCUT2D eigenvalue weighted by atomic mass is 10.1. The summed E-state index contributed by atoms with van der Waals surface area (Å²) in [5.41, 5.74) is 2.13. The van der Waals surface area contributed by atoms with Gasteiger partial charge in [0, 0.05) is 26.1 Å². The Hall–Kier alpha value is -2.41. The van der Waals surface area contributed by atoms with E-state index < -0.39 is 5.60 Å². The maximum absolute atomic E-state index is 12.1. The Morgan fingerprint density at radius 3 is 2.06 bits per heavy atom. The molecule has 2 saturated heterocycles. The lowest BCUT2D eigenvalue weighted by Gasteiger charge is -2.34. The first-order valence-corrected chi connectivity index (χ1v) is 11.9. The smallest absolute Gasteiger partial charge is 0.410 e. The first kappa shape index (κ1) is 25.2. The van der Waals surface area contributed by atoms with Crippen LogP contribution in [0.3, 0.4) is 0 Å². The van der Waals surface area contributed by atoms with Gasteiger partial charge in [0.25, 0.3) is 0 Å². The lowest BCUT2D eigenvalue weighted by molar-refractivity contribution is -0.0415. The number of carbonyl (C=O) groups excluding carboxylic acids is 1. The number of hydrogen-bond donors (Lipinski definition) is 1. The van der Waals surface area contributed by atoms with Crippen LogP contribution in [0.5, 0.6) is 0 Å². The fourth-order valence-electron chi connectivity index (χ4n) is 3.84. The molecule has 0 aliphatic carbocycles. The highest BCUT2D eigenvalue weighted by atomic mass is 16.6. The van der Waals surface area contributed by atoms with Crippen LogP contribution < -0.4 is 5.32 Å². The highest BCUT2D eigenvalue weighted by Gasteiger charge is 2.28. The second-order valence-electron chi connectivity index (χ2n) is 9.50. The average Bonchev–Trinajstić information content (AvgIpc) is 2.81. The summed E-state index contributed by atoms with van der Waals surface area (Å²) in [4.78, 5) is 13.8.